The van der Waals surface area contributed by atoms with Crippen molar-refractivity contribution in [2.24, 2.45) is 0 Å². The predicted molar refractivity (Wildman–Crippen MR) is 85.1 cm³/mol. The number of halogens is 1. The molecule has 1 N–H and O–H groups in total. The van der Waals surface area contributed by atoms with Gasteiger partial charge in [0.15, 0.2) is 16.0 Å². The third-order valence-electron chi connectivity index (χ3n) is 3.12. The van der Waals surface area contributed by atoms with Crippen LogP contribution < -0.4 is 11.2 Å². The molecule has 9 heteroatoms. The van der Waals surface area contributed by atoms with Crippen molar-refractivity contribution in [3.05, 3.63) is 50.0 Å². The first kappa shape index (κ1) is 14.7. The van der Waals surface area contributed by atoms with E-state index < -0.39 is 11.2 Å². The normalized spacial score (nSPS) is 11.0. The highest BCUT2D eigenvalue weighted by atomic mass is 35.5. The van der Waals surface area contributed by atoms with Crippen molar-refractivity contribution in [2.75, 3.05) is 6.26 Å². The number of H-pyrrole nitrogens is 1. The summed E-state index contributed by atoms with van der Waals surface area (Å²) in [7, 11) is 0. The molecule has 7 nitrogen and oxygen atoms in total. The van der Waals surface area contributed by atoms with E-state index in [-0.39, 0.29) is 21.9 Å². The molecule has 0 saturated heterocycles. The molecule has 0 saturated carbocycles. The number of nitrogens with zero attached hydrogens (tertiary/aromatic N) is 4. The SMILES string of the molecule is CSc1ncc2c(=O)n(-c3c(C)ccnc3Cl)c(=O)[nH]c2n1. The molecule has 3 rings (SSSR count). The second-order valence-electron chi connectivity index (χ2n) is 4.46. The summed E-state index contributed by atoms with van der Waals surface area (Å²) in [6.45, 7) is 1.74. The van der Waals surface area contributed by atoms with Gasteiger partial charge in [-0.3, -0.25) is 9.78 Å². The molecule has 3 aromatic rings. The number of aryl methyl sites for hydroxylation is 1. The smallest absolute Gasteiger partial charge is 0.291 e. The van der Waals surface area contributed by atoms with Gasteiger partial charge in [-0.15, -0.1) is 0 Å². The van der Waals surface area contributed by atoms with E-state index in [0.29, 0.717) is 10.7 Å². The molecule has 0 amide bonds. The van der Waals surface area contributed by atoms with Gasteiger partial charge in [-0.05, 0) is 24.8 Å². The second-order valence-corrected chi connectivity index (χ2v) is 5.59. The van der Waals surface area contributed by atoms with Gasteiger partial charge < -0.3 is 0 Å². The Hall–Kier alpha value is -2.19. The van der Waals surface area contributed by atoms with E-state index in [1.165, 1.54) is 24.2 Å². The summed E-state index contributed by atoms with van der Waals surface area (Å²) in [5, 5.41) is 0.751. The molecule has 3 heterocycles. The maximum Gasteiger partial charge on any atom is 0.334 e. The lowest BCUT2D eigenvalue weighted by Gasteiger charge is -2.10. The number of thioether (sulfide) groups is 1. The Bertz CT molecular complexity index is 978. The maximum absolute atomic E-state index is 12.6. The molecule has 0 spiro atoms. The van der Waals surface area contributed by atoms with Gasteiger partial charge in [-0.2, -0.15) is 0 Å². The zero-order valence-corrected chi connectivity index (χ0v) is 13.2. The quantitative estimate of drug-likeness (QED) is 0.434. The highest BCUT2D eigenvalue weighted by Crippen LogP contribution is 2.19. The maximum atomic E-state index is 12.6. The first-order valence-electron chi connectivity index (χ1n) is 6.20. The van der Waals surface area contributed by atoms with Crippen LogP contribution in [0.1, 0.15) is 5.56 Å². The molecule has 0 aromatic carbocycles. The lowest BCUT2D eigenvalue weighted by Crippen LogP contribution is -2.34. The van der Waals surface area contributed by atoms with E-state index in [0.717, 1.165) is 4.57 Å². The average molecular weight is 336 g/mol. The van der Waals surface area contributed by atoms with E-state index in [9.17, 15) is 9.59 Å². The molecular weight excluding hydrogens is 326 g/mol. The first-order valence-corrected chi connectivity index (χ1v) is 7.80. The summed E-state index contributed by atoms with van der Waals surface area (Å²) >= 11 is 7.37. The van der Waals surface area contributed by atoms with E-state index in [4.69, 9.17) is 11.6 Å². The van der Waals surface area contributed by atoms with E-state index in [1.807, 2.05) is 0 Å². The summed E-state index contributed by atoms with van der Waals surface area (Å²) in [5.41, 5.74) is -0.0474. The summed E-state index contributed by atoms with van der Waals surface area (Å²) in [4.78, 5) is 39.6. The Morgan fingerprint density at radius 1 is 1.32 bits per heavy atom. The highest BCUT2D eigenvalue weighted by molar-refractivity contribution is 7.98. The summed E-state index contributed by atoms with van der Waals surface area (Å²) in [5.74, 6) is 0. The molecule has 0 unspecified atom stereocenters. The molecule has 0 aliphatic carbocycles. The number of fused-ring (bicyclic) bond motifs is 1. The van der Waals surface area contributed by atoms with E-state index >= 15 is 0 Å². The van der Waals surface area contributed by atoms with Gasteiger partial charge in [0.2, 0.25) is 0 Å². The number of hydrogen-bond donors (Lipinski definition) is 1. The second kappa shape index (κ2) is 5.54. The minimum absolute atomic E-state index is 0.0774. The molecule has 0 bridgehead atoms. The lowest BCUT2D eigenvalue weighted by molar-refractivity contribution is 0.867. The fourth-order valence-corrected chi connectivity index (χ4v) is 2.71. The minimum atomic E-state index is -0.624. The number of nitrogens with one attached hydrogen (secondary N) is 1. The molecular formula is C13H10ClN5O2S. The van der Waals surface area contributed by atoms with Crippen LogP contribution >= 0.6 is 23.4 Å². The van der Waals surface area contributed by atoms with Crippen LogP contribution in [0.5, 0.6) is 0 Å². The molecule has 22 heavy (non-hydrogen) atoms. The Balaban J connectivity index is 2.42. The van der Waals surface area contributed by atoms with Gasteiger partial charge in [-0.25, -0.2) is 24.3 Å². The van der Waals surface area contributed by atoms with Crippen LogP contribution in [-0.2, 0) is 0 Å². The van der Waals surface area contributed by atoms with Crippen LogP contribution in [0, 0.1) is 6.92 Å². The predicted octanol–water partition coefficient (Wildman–Crippen LogP) is 1.55. The van der Waals surface area contributed by atoms with Crippen molar-refractivity contribution in [1.29, 1.82) is 0 Å². The van der Waals surface area contributed by atoms with Crippen LogP contribution in [-0.4, -0.2) is 30.8 Å². The van der Waals surface area contributed by atoms with Crippen LogP contribution in [0.15, 0.2) is 33.2 Å². The van der Waals surface area contributed by atoms with Crippen LogP contribution in [0.3, 0.4) is 0 Å². The number of hydrogen-bond acceptors (Lipinski definition) is 6. The number of rotatable bonds is 2. The topological polar surface area (TPSA) is 93.5 Å². The van der Waals surface area contributed by atoms with Gasteiger partial charge in [0.05, 0.1) is 5.69 Å². The fraction of sp³-hybridized carbons (Fsp3) is 0.154. The zero-order chi connectivity index (χ0) is 15.9. The Labute approximate surface area is 133 Å². The zero-order valence-electron chi connectivity index (χ0n) is 11.6. The van der Waals surface area contributed by atoms with Gasteiger partial charge in [-0.1, -0.05) is 23.4 Å². The number of aromatic amines is 1. The average Bonchev–Trinajstić information content (AvgIpc) is 2.49. The van der Waals surface area contributed by atoms with Crippen LogP contribution in [0.25, 0.3) is 16.7 Å². The van der Waals surface area contributed by atoms with Gasteiger partial charge in [0.25, 0.3) is 5.56 Å². The van der Waals surface area contributed by atoms with Gasteiger partial charge in [0.1, 0.15) is 5.39 Å². The van der Waals surface area contributed by atoms with Crippen molar-refractivity contribution in [2.45, 2.75) is 12.1 Å². The van der Waals surface area contributed by atoms with E-state index in [2.05, 4.69) is 19.9 Å². The third-order valence-corrected chi connectivity index (χ3v) is 3.95. The molecule has 0 fully saturated rings. The number of aromatic nitrogens is 5. The largest absolute Gasteiger partial charge is 0.334 e. The van der Waals surface area contributed by atoms with E-state index in [1.54, 1.807) is 19.2 Å². The van der Waals surface area contributed by atoms with Crippen LogP contribution in [0.2, 0.25) is 5.15 Å². The Morgan fingerprint density at radius 2 is 2.09 bits per heavy atom. The summed E-state index contributed by atoms with van der Waals surface area (Å²) in [6.07, 6.45) is 4.71. The lowest BCUT2D eigenvalue weighted by atomic mass is 10.2. The minimum Gasteiger partial charge on any atom is -0.291 e. The monoisotopic (exact) mass is 335 g/mol. The fourth-order valence-electron chi connectivity index (χ4n) is 2.07. The van der Waals surface area contributed by atoms with Crippen molar-refractivity contribution < 1.29 is 0 Å². The van der Waals surface area contributed by atoms with Crippen molar-refractivity contribution in [3.8, 4) is 5.69 Å². The van der Waals surface area contributed by atoms with Crippen molar-refractivity contribution >= 4 is 34.4 Å². The molecule has 0 atom stereocenters. The summed E-state index contributed by atoms with van der Waals surface area (Å²) < 4.78 is 0.953. The van der Waals surface area contributed by atoms with Crippen LogP contribution in [0.4, 0.5) is 0 Å². The molecule has 0 aliphatic heterocycles. The highest BCUT2D eigenvalue weighted by Gasteiger charge is 2.16. The third kappa shape index (κ3) is 2.30. The molecule has 0 aliphatic rings. The molecule has 0 radical (unpaired) electrons. The molecule has 3 aromatic heterocycles. The van der Waals surface area contributed by atoms with Crippen molar-refractivity contribution in [1.82, 2.24) is 24.5 Å². The number of pyridine rings is 1. The summed E-state index contributed by atoms with van der Waals surface area (Å²) in [6, 6.07) is 1.67. The molecule has 112 valence electrons. The standard InChI is InChI=1S/C13H10ClN5O2S/c1-6-3-4-15-9(14)8(6)19-11(20)7-5-16-12(22-2)17-10(7)18-13(19)21/h3-5H,1-2H3,(H,16,17,18,21). The van der Waals surface area contributed by atoms with Crippen molar-refractivity contribution in [3.63, 3.8) is 0 Å². The van der Waals surface area contributed by atoms with Gasteiger partial charge >= 0.3 is 5.69 Å². The Kier molecular flexibility index (Phi) is 3.71. The first-order chi connectivity index (χ1) is 10.5. The van der Waals surface area contributed by atoms with Gasteiger partial charge in [0, 0.05) is 12.4 Å². The Morgan fingerprint density at radius 3 is 2.77 bits per heavy atom.